The highest BCUT2D eigenvalue weighted by Crippen LogP contribution is 2.22. The summed E-state index contributed by atoms with van der Waals surface area (Å²) in [6, 6.07) is 4.34. The van der Waals surface area contributed by atoms with Gasteiger partial charge in [0.15, 0.2) is 0 Å². The molecule has 0 radical (unpaired) electrons. The number of ether oxygens (including phenoxy) is 1. The SMILES string of the molecule is C[C@@H]1CN(C(=O)c2cc([N+](=O)[O-])ccc2I)C[C@H](C)O1. The van der Waals surface area contributed by atoms with Crippen molar-refractivity contribution in [3.05, 3.63) is 37.4 Å². The monoisotopic (exact) mass is 390 g/mol. The first kappa shape index (κ1) is 15.2. The predicted octanol–water partition coefficient (Wildman–Crippen LogP) is 2.45. The summed E-state index contributed by atoms with van der Waals surface area (Å²) in [5.41, 5.74) is 0.309. The molecule has 1 aromatic rings. The fourth-order valence-corrected chi connectivity index (χ4v) is 2.87. The van der Waals surface area contributed by atoms with E-state index in [4.69, 9.17) is 4.74 Å². The van der Waals surface area contributed by atoms with Gasteiger partial charge in [-0.25, -0.2) is 0 Å². The first-order chi connectivity index (χ1) is 9.38. The molecule has 0 saturated carbocycles. The van der Waals surface area contributed by atoms with Crippen LogP contribution in [0.1, 0.15) is 24.2 Å². The van der Waals surface area contributed by atoms with Crippen LogP contribution in [0.4, 0.5) is 5.69 Å². The summed E-state index contributed by atoms with van der Waals surface area (Å²) in [6.07, 6.45) is -0.0573. The van der Waals surface area contributed by atoms with E-state index in [1.807, 2.05) is 36.4 Å². The minimum atomic E-state index is -0.489. The summed E-state index contributed by atoms with van der Waals surface area (Å²) in [7, 11) is 0. The Morgan fingerprint density at radius 1 is 1.40 bits per heavy atom. The van der Waals surface area contributed by atoms with Gasteiger partial charge in [0.05, 0.1) is 22.7 Å². The van der Waals surface area contributed by atoms with Gasteiger partial charge in [-0.2, -0.15) is 0 Å². The van der Waals surface area contributed by atoms with E-state index in [0.717, 1.165) is 0 Å². The minimum Gasteiger partial charge on any atom is -0.372 e. The van der Waals surface area contributed by atoms with Crippen molar-refractivity contribution in [2.45, 2.75) is 26.1 Å². The van der Waals surface area contributed by atoms with Gasteiger partial charge in [-0.15, -0.1) is 0 Å². The van der Waals surface area contributed by atoms with Crippen LogP contribution in [0, 0.1) is 13.7 Å². The molecule has 1 amide bonds. The van der Waals surface area contributed by atoms with Gasteiger partial charge in [0, 0.05) is 28.8 Å². The van der Waals surface area contributed by atoms with Gasteiger partial charge in [-0.05, 0) is 42.5 Å². The number of halogens is 1. The molecule has 0 bridgehead atoms. The second-order valence-electron chi connectivity index (χ2n) is 4.89. The summed E-state index contributed by atoms with van der Waals surface area (Å²) in [5.74, 6) is -0.180. The van der Waals surface area contributed by atoms with Crippen LogP contribution in [0.5, 0.6) is 0 Å². The van der Waals surface area contributed by atoms with Gasteiger partial charge < -0.3 is 9.64 Å². The third-order valence-electron chi connectivity index (χ3n) is 3.10. The lowest BCUT2D eigenvalue weighted by molar-refractivity contribution is -0.384. The molecular formula is C13H15IN2O4. The molecule has 1 aliphatic heterocycles. The van der Waals surface area contributed by atoms with Crippen molar-refractivity contribution >= 4 is 34.2 Å². The lowest BCUT2D eigenvalue weighted by atomic mass is 10.1. The van der Waals surface area contributed by atoms with E-state index in [1.165, 1.54) is 12.1 Å². The van der Waals surface area contributed by atoms with Gasteiger partial charge in [0.25, 0.3) is 11.6 Å². The van der Waals surface area contributed by atoms with E-state index in [0.29, 0.717) is 22.2 Å². The number of non-ortho nitro benzene ring substituents is 1. The molecule has 0 N–H and O–H groups in total. The number of carbonyl (C=O) groups is 1. The molecule has 1 saturated heterocycles. The number of hydrogen-bond acceptors (Lipinski definition) is 4. The molecule has 0 unspecified atom stereocenters. The number of nitro groups is 1. The molecule has 6 nitrogen and oxygen atoms in total. The van der Waals surface area contributed by atoms with E-state index in [1.54, 1.807) is 11.0 Å². The zero-order valence-corrected chi connectivity index (χ0v) is 13.4. The Bertz CT molecular complexity index is 539. The molecule has 0 spiro atoms. The van der Waals surface area contributed by atoms with Gasteiger partial charge in [0.2, 0.25) is 0 Å². The van der Waals surface area contributed by atoms with Crippen LogP contribution in [0.25, 0.3) is 0 Å². The molecule has 1 fully saturated rings. The van der Waals surface area contributed by atoms with Crippen LogP contribution in [0.2, 0.25) is 0 Å². The topological polar surface area (TPSA) is 72.7 Å². The second-order valence-corrected chi connectivity index (χ2v) is 6.05. The van der Waals surface area contributed by atoms with Crippen molar-refractivity contribution in [1.29, 1.82) is 0 Å². The van der Waals surface area contributed by atoms with Crippen molar-refractivity contribution < 1.29 is 14.5 Å². The van der Waals surface area contributed by atoms with Gasteiger partial charge in [-0.3, -0.25) is 14.9 Å². The number of carbonyl (C=O) groups excluding carboxylic acids is 1. The molecule has 1 heterocycles. The fraction of sp³-hybridized carbons (Fsp3) is 0.462. The molecule has 108 valence electrons. The number of benzene rings is 1. The minimum absolute atomic E-state index is 0.0286. The average molecular weight is 390 g/mol. The molecule has 20 heavy (non-hydrogen) atoms. The first-order valence-corrected chi connectivity index (χ1v) is 7.35. The van der Waals surface area contributed by atoms with Crippen LogP contribution in [0.15, 0.2) is 18.2 Å². The molecule has 0 aliphatic carbocycles. The van der Waals surface area contributed by atoms with Crippen LogP contribution in [0.3, 0.4) is 0 Å². The van der Waals surface area contributed by atoms with Crippen molar-refractivity contribution in [3.63, 3.8) is 0 Å². The standard InChI is InChI=1S/C13H15IN2O4/c1-8-6-15(7-9(2)20-8)13(17)11-5-10(16(18)19)3-4-12(11)14/h3-5,8-9H,6-7H2,1-2H3/t8-,9+. The Morgan fingerprint density at radius 3 is 2.55 bits per heavy atom. The lowest BCUT2D eigenvalue weighted by Gasteiger charge is -2.35. The number of morpholine rings is 1. The molecular weight excluding hydrogens is 375 g/mol. The molecule has 0 aromatic heterocycles. The summed E-state index contributed by atoms with van der Waals surface area (Å²) in [6.45, 7) is 4.83. The number of rotatable bonds is 2. The highest BCUT2D eigenvalue weighted by Gasteiger charge is 2.28. The van der Waals surface area contributed by atoms with Gasteiger partial charge in [-0.1, -0.05) is 0 Å². The van der Waals surface area contributed by atoms with Gasteiger partial charge >= 0.3 is 0 Å². The number of nitrogens with zero attached hydrogens (tertiary/aromatic N) is 2. The van der Waals surface area contributed by atoms with Crippen molar-refractivity contribution in [3.8, 4) is 0 Å². The molecule has 2 atom stereocenters. The summed E-state index contributed by atoms with van der Waals surface area (Å²) in [5, 5.41) is 10.8. The highest BCUT2D eigenvalue weighted by atomic mass is 127. The maximum Gasteiger partial charge on any atom is 0.270 e. The van der Waals surface area contributed by atoms with E-state index < -0.39 is 4.92 Å². The zero-order chi connectivity index (χ0) is 14.9. The van der Waals surface area contributed by atoms with E-state index in [-0.39, 0.29) is 23.8 Å². The van der Waals surface area contributed by atoms with E-state index >= 15 is 0 Å². The third kappa shape index (κ3) is 3.26. The Kier molecular flexibility index (Phi) is 4.59. The maximum atomic E-state index is 12.5. The van der Waals surface area contributed by atoms with Crippen molar-refractivity contribution in [2.24, 2.45) is 0 Å². The average Bonchev–Trinajstić information content (AvgIpc) is 2.37. The summed E-state index contributed by atoms with van der Waals surface area (Å²) >= 11 is 2.02. The second kappa shape index (κ2) is 6.04. The van der Waals surface area contributed by atoms with Gasteiger partial charge in [0.1, 0.15) is 0 Å². The number of nitro benzene ring substituents is 1. The van der Waals surface area contributed by atoms with Crippen molar-refractivity contribution in [2.75, 3.05) is 13.1 Å². The van der Waals surface area contributed by atoms with Crippen LogP contribution < -0.4 is 0 Å². The Labute approximate surface area is 130 Å². The normalized spacial score (nSPS) is 22.6. The number of hydrogen-bond donors (Lipinski definition) is 0. The van der Waals surface area contributed by atoms with Crippen molar-refractivity contribution in [1.82, 2.24) is 4.90 Å². The predicted molar refractivity (Wildman–Crippen MR) is 81.7 cm³/mol. The molecule has 1 aromatic carbocycles. The van der Waals surface area contributed by atoms with E-state index in [9.17, 15) is 14.9 Å². The Hall–Kier alpha value is -1.22. The zero-order valence-electron chi connectivity index (χ0n) is 11.2. The van der Waals surface area contributed by atoms with E-state index in [2.05, 4.69) is 0 Å². The molecule has 2 rings (SSSR count). The highest BCUT2D eigenvalue weighted by molar-refractivity contribution is 14.1. The largest absolute Gasteiger partial charge is 0.372 e. The van der Waals surface area contributed by atoms with Crippen LogP contribution in [-0.4, -0.2) is 41.0 Å². The quantitative estimate of drug-likeness (QED) is 0.442. The Balaban J connectivity index is 2.28. The lowest BCUT2D eigenvalue weighted by Crippen LogP contribution is -2.48. The summed E-state index contributed by atoms with van der Waals surface area (Å²) < 4.78 is 6.30. The number of amides is 1. The Morgan fingerprint density at radius 2 is 2.00 bits per heavy atom. The third-order valence-corrected chi connectivity index (χ3v) is 4.04. The smallest absolute Gasteiger partial charge is 0.270 e. The van der Waals surface area contributed by atoms with Crippen LogP contribution >= 0.6 is 22.6 Å². The fourth-order valence-electron chi connectivity index (χ4n) is 2.30. The summed E-state index contributed by atoms with van der Waals surface area (Å²) in [4.78, 5) is 24.6. The molecule has 7 heteroatoms. The molecule has 1 aliphatic rings. The first-order valence-electron chi connectivity index (χ1n) is 6.27. The maximum absolute atomic E-state index is 12.5. The van der Waals surface area contributed by atoms with Crippen LogP contribution in [-0.2, 0) is 4.74 Å².